The van der Waals surface area contributed by atoms with E-state index in [0.717, 1.165) is 0 Å². The van der Waals surface area contributed by atoms with Crippen LogP contribution in [0.4, 0.5) is 0 Å². The second kappa shape index (κ2) is 6.00. The molecule has 0 unspecified atom stereocenters. The Kier molecular flexibility index (Phi) is 3.73. The van der Waals surface area contributed by atoms with Crippen molar-refractivity contribution in [2.45, 2.75) is 6.54 Å². The van der Waals surface area contributed by atoms with Crippen molar-refractivity contribution in [3.63, 3.8) is 0 Å². The number of amides is 1. The third-order valence-electron chi connectivity index (χ3n) is 2.73. The molecule has 22 heavy (non-hydrogen) atoms. The van der Waals surface area contributed by atoms with E-state index in [1.807, 2.05) is 18.2 Å². The number of nitrogens with zero attached hydrogens (tertiary/aromatic N) is 1. The van der Waals surface area contributed by atoms with Crippen LogP contribution >= 0.6 is 0 Å². The number of aromatic nitrogens is 3. The van der Waals surface area contributed by atoms with Crippen LogP contribution in [-0.4, -0.2) is 21.1 Å². The zero-order chi connectivity index (χ0) is 15.4. The van der Waals surface area contributed by atoms with Crippen molar-refractivity contribution in [1.29, 1.82) is 0 Å². The molecule has 0 fully saturated rings. The summed E-state index contributed by atoms with van der Waals surface area (Å²) < 4.78 is 10.8. The Morgan fingerprint density at radius 1 is 1.23 bits per heavy atom. The first-order chi connectivity index (χ1) is 10.7. The minimum absolute atomic E-state index is 0.0765. The molecule has 2 heterocycles. The summed E-state index contributed by atoms with van der Waals surface area (Å²) in [7, 11) is 0. The van der Waals surface area contributed by atoms with Gasteiger partial charge >= 0.3 is 5.69 Å². The molecular weight excluding hydrogens is 288 g/mol. The first-order valence-electron chi connectivity index (χ1n) is 6.45. The lowest BCUT2D eigenvalue weighted by molar-refractivity contribution is 0.0917. The number of carbonyl (C=O) groups excluding carboxylic acids is 1. The maximum atomic E-state index is 11.9. The van der Waals surface area contributed by atoms with Gasteiger partial charge in [0, 0.05) is 6.07 Å². The van der Waals surface area contributed by atoms with Crippen molar-refractivity contribution in [3.05, 3.63) is 64.5 Å². The van der Waals surface area contributed by atoms with E-state index in [0.29, 0.717) is 11.6 Å². The van der Waals surface area contributed by atoms with Crippen molar-refractivity contribution in [2.75, 3.05) is 0 Å². The fourth-order valence-corrected chi connectivity index (χ4v) is 1.74. The van der Waals surface area contributed by atoms with Crippen LogP contribution in [0.1, 0.15) is 16.4 Å². The lowest BCUT2D eigenvalue weighted by atomic mass is 10.3. The van der Waals surface area contributed by atoms with Gasteiger partial charge in [0.1, 0.15) is 11.6 Å². The van der Waals surface area contributed by atoms with Gasteiger partial charge in [0.2, 0.25) is 0 Å². The predicted octanol–water partition coefficient (Wildman–Crippen LogP) is 1.41. The monoisotopic (exact) mass is 300 g/mol. The van der Waals surface area contributed by atoms with Crippen LogP contribution in [-0.2, 0) is 6.54 Å². The highest BCUT2D eigenvalue weighted by Crippen LogP contribution is 2.23. The van der Waals surface area contributed by atoms with Crippen LogP contribution < -0.4 is 15.7 Å². The number of ether oxygens (including phenoxy) is 1. The van der Waals surface area contributed by atoms with Gasteiger partial charge in [-0.1, -0.05) is 18.2 Å². The van der Waals surface area contributed by atoms with Crippen LogP contribution in [0, 0.1) is 0 Å². The molecule has 0 aliphatic heterocycles. The Morgan fingerprint density at radius 3 is 2.77 bits per heavy atom. The molecule has 8 nitrogen and oxygen atoms in total. The average Bonchev–Trinajstić information content (AvgIpc) is 3.15. The normalized spacial score (nSPS) is 10.4. The number of para-hydroxylation sites is 1. The Hall–Kier alpha value is -3.29. The number of nitrogens with one attached hydrogen (secondary N) is 3. The van der Waals surface area contributed by atoms with Gasteiger partial charge in [-0.2, -0.15) is 5.10 Å². The van der Waals surface area contributed by atoms with Crippen molar-refractivity contribution in [1.82, 2.24) is 20.5 Å². The number of H-pyrrole nitrogens is 2. The summed E-state index contributed by atoms with van der Waals surface area (Å²) in [6.07, 6.45) is 0. The molecule has 1 aromatic carbocycles. The number of rotatable bonds is 5. The lowest BCUT2D eigenvalue weighted by Gasteiger charge is -2.01. The first kappa shape index (κ1) is 13.7. The fourth-order valence-electron chi connectivity index (χ4n) is 1.74. The summed E-state index contributed by atoms with van der Waals surface area (Å²) in [6.45, 7) is 0.0765. The highest BCUT2D eigenvalue weighted by molar-refractivity contribution is 5.91. The van der Waals surface area contributed by atoms with Gasteiger partial charge in [0.15, 0.2) is 5.76 Å². The number of carbonyl (C=O) groups is 1. The van der Waals surface area contributed by atoms with Gasteiger partial charge in [-0.3, -0.25) is 9.78 Å². The quantitative estimate of drug-likeness (QED) is 0.659. The molecular formula is C14H12N4O4. The molecule has 0 saturated heterocycles. The van der Waals surface area contributed by atoms with Gasteiger partial charge in [0.05, 0.1) is 6.54 Å². The van der Waals surface area contributed by atoms with E-state index in [1.54, 1.807) is 18.2 Å². The molecule has 3 aromatic rings. The average molecular weight is 300 g/mol. The number of furan rings is 1. The molecule has 0 radical (unpaired) electrons. The molecule has 0 aliphatic carbocycles. The third kappa shape index (κ3) is 3.23. The van der Waals surface area contributed by atoms with Gasteiger partial charge in [-0.05, 0) is 18.2 Å². The van der Waals surface area contributed by atoms with E-state index in [2.05, 4.69) is 20.5 Å². The molecule has 0 saturated carbocycles. The predicted molar refractivity (Wildman–Crippen MR) is 75.6 cm³/mol. The molecule has 8 heteroatoms. The van der Waals surface area contributed by atoms with Crippen LogP contribution in [0.2, 0.25) is 0 Å². The number of aromatic amines is 2. The Labute approximate surface area is 124 Å². The Bertz CT molecular complexity index is 818. The maximum absolute atomic E-state index is 11.9. The summed E-state index contributed by atoms with van der Waals surface area (Å²) in [5.41, 5.74) is -0.430. The Morgan fingerprint density at radius 2 is 2.05 bits per heavy atom. The second-order valence-corrected chi connectivity index (χ2v) is 4.34. The SMILES string of the molecule is O=C(NCc1n[nH]c(=O)[nH]1)c1ccc(Oc2ccccc2)o1. The summed E-state index contributed by atoms with van der Waals surface area (Å²) in [5.74, 6) is 0.809. The van der Waals surface area contributed by atoms with Crippen molar-refractivity contribution >= 4 is 5.91 Å². The molecule has 0 bridgehead atoms. The molecule has 0 aliphatic rings. The molecule has 112 valence electrons. The van der Waals surface area contributed by atoms with Gasteiger partial charge < -0.3 is 14.5 Å². The smallest absolute Gasteiger partial charge is 0.340 e. The van der Waals surface area contributed by atoms with E-state index in [1.165, 1.54) is 6.07 Å². The van der Waals surface area contributed by atoms with Gasteiger partial charge in [-0.15, -0.1) is 0 Å². The minimum Gasteiger partial charge on any atom is -0.426 e. The van der Waals surface area contributed by atoms with Crippen LogP contribution in [0.25, 0.3) is 0 Å². The fraction of sp³-hybridized carbons (Fsp3) is 0.0714. The first-order valence-corrected chi connectivity index (χ1v) is 6.45. The molecule has 1 amide bonds. The van der Waals surface area contributed by atoms with Gasteiger partial charge in [0.25, 0.3) is 11.9 Å². The van der Waals surface area contributed by atoms with E-state index in [-0.39, 0.29) is 18.3 Å². The second-order valence-electron chi connectivity index (χ2n) is 4.34. The Balaban J connectivity index is 1.60. The zero-order valence-electron chi connectivity index (χ0n) is 11.3. The molecule has 0 atom stereocenters. The summed E-state index contributed by atoms with van der Waals surface area (Å²) in [6, 6.07) is 12.1. The van der Waals surface area contributed by atoms with E-state index in [4.69, 9.17) is 9.15 Å². The molecule has 2 aromatic heterocycles. The largest absolute Gasteiger partial charge is 0.426 e. The minimum atomic E-state index is -0.438. The highest BCUT2D eigenvalue weighted by Gasteiger charge is 2.12. The standard InChI is InChI=1S/C14H12N4O4/c19-13(15-8-11-16-14(20)18-17-11)10-6-7-12(22-10)21-9-4-2-1-3-5-9/h1-7H,8H2,(H,15,19)(H2,16,17,18,20). The van der Waals surface area contributed by atoms with E-state index in [9.17, 15) is 9.59 Å². The molecule has 0 spiro atoms. The summed E-state index contributed by atoms with van der Waals surface area (Å²) in [5, 5.41) is 8.45. The summed E-state index contributed by atoms with van der Waals surface area (Å²) >= 11 is 0. The third-order valence-corrected chi connectivity index (χ3v) is 2.73. The van der Waals surface area contributed by atoms with Crippen molar-refractivity contribution in [2.24, 2.45) is 0 Å². The van der Waals surface area contributed by atoms with E-state index < -0.39 is 11.6 Å². The molecule has 3 N–H and O–H groups in total. The number of benzene rings is 1. The van der Waals surface area contributed by atoms with E-state index >= 15 is 0 Å². The summed E-state index contributed by atoms with van der Waals surface area (Å²) in [4.78, 5) is 25.2. The van der Waals surface area contributed by atoms with Crippen LogP contribution in [0.3, 0.4) is 0 Å². The topological polar surface area (TPSA) is 113 Å². The highest BCUT2D eigenvalue weighted by atomic mass is 16.6. The zero-order valence-corrected chi connectivity index (χ0v) is 11.3. The van der Waals surface area contributed by atoms with Gasteiger partial charge in [-0.25, -0.2) is 9.89 Å². The number of hydrogen-bond acceptors (Lipinski definition) is 5. The van der Waals surface area contributed by atoms with Crippen LogP contribution in [0.5, 0.6) is 11.7 Å². The lowest BCUT2D eigenvalue weighted by Crippen LogP contribution is -2.23. The number of hydrogen-bond donors (Lipinski definition) is 3. The maximum Gasteiger partial charge on any atom is 0.340 e. The van der Waals surface area contributed by atoms with Crippen molar-refractivity contribution < 1.29 is 13.9 Å². The van der Waals surface area contributed by atoms with Crippen molar-refractivity contribution in [3.8, 4) is 11.7 Å². The molecule has 3 rings (SSSR count). The van der Waals surface area contributed by atoms with Crippen LogP contribution in [0.15, 0.2) is 51.7 Å².